The molecule has 0 radical (unpaired) electrons. The Morgan fingerprint density at radius 2 is 1.91 bits per heavy atom. The number of hydrogen-bond acceptors (Lipinski definition) is 6. The van der Waals surface area contributed by atoms with Crippen LogP contribution in [0, 0.1) is 0 Å². The molecule has 1 aromatic carbocycles. The van der Waals surface area contributed by atoms with Crippen LogP contribution < -0.4 is 5.32 Å². The van der Waals surface area contributed by atoms with Crippen molar-refractivity contribution in [1.82, 2.24) is 24.9 Å². The quantitative estimate of drug-likeness (QED) is 0.380. The third kappa shape index (κ3) is 4.05. The van der Waals surface area contributed by atoms with Crippen molar-refractivity contribution < 1.29 is 9.32 Å². The Hall–Kier alpha value is -4.33. The van der Waals surface area contributed by atoms with E-state index in [4.69, 9.17) is 4.52 Å². The lowest BCUT2D eigenvalue weighted by Gasteiger charge is -2.07. The third-order valence-corrected chi connectivity index (χ3v) is 6.01. The fourth-order valence-corrected chi connectivity index (χ4v) is 4.06. The number of benzene rings is 1. The Morgan fingerprint density at radius 1 is 1.09 bits per heavy atom. The van der Waals surface area contributed by atoms with Crippen LogP contribution in [-0.2, 0) is 13.0 Å². The molecule has 1 amide bonds. The number of anilines is 1. The Labute approximate surface area is 195 Å². The van der Waals surface area contributed by atoms with E-state index in [1.54, 1.807) is 18.5 Å². The van der Waals surface area contributed by atoms with E-state index in [0.29, 0.717) is 40.6 Å². The van der Waals surface area contributed by atoms with Crippen LogP contribution in [0.4, 0.5) is 5.82 Å². The van der Waals surface area contributed by atoms with E-state index in [1.165, 1.54) is 5.56 Å². The molecule has 1 aliphatic carbocycles. The molecule has 8 nitrogen and oxygen atoms in total. The molecule has 4 aromatic heterocycles. The van der Waals surface area contributed by atoms with Crippen LogP contribution >= 0.6 is 0 Å². The van der Waals surface area contributed by atoms with E-state index in [2.05, 4.69) is 25.5 Å². The smallest absolute Gasteiger partial charge is 0.259 e. The van der Waals surface area contributed by atoms with Crippen LogP contribution in [0.3, 0.4) is 0 Å². The van der Waals surface area contributed by atoms with Crippen LogP contribution in [-0.4, -0.2) is 30.8 Å². The average molecular weight is 451 g/mol. The molecule has 1 fully saturated rings. The highest BCUT2D eigenvalue weighted by atomic mass is 16.5. The van der Waals surface area contributed by atoms with Crippen LogP contribution in [0.2, 0.25) is 0 Å². The van der Waals surface area contributed by atoms with Crippen LogP contribution in [0.1, 0.15) is 40.4 Å². The van der Waals surface area contributed by atoms with Gasteiger partial charge in [-0.05, 0) is 43.0 Å². The van der Waals surface area contributed by atoms with Gasteiger partial charge in [0.05, 0.1) is 10.9 Å². The number of nitrogens with zero attached hydrogens (tertiary/aromatic N) is 5. The first-order valence-electron chi connectivity index (χ1n) is 11.3. The second-order valence-electron chi connectivity index (χ2n) is 8.47. The third-order valence-electron chi connectivity index (χ3n) is 6.01. The fraction of sp³-hybridized carbons (Fsp3) is 0.192. The SMILES string of the molecule is O=C(Nc1ccn(CCc2ccncc2)n1)c1cc(C2CC2)nc2onc(-c3ccccc3)c12. The Morgan fingerprint density at radius 3 is 2.71 bits per heavy atom. The molecule has 6 rings (SSSR count). The summed E-state index contributed by atoms with van der Waals surface area (Å²) < 4.78 is 7.40. The summed E-state index contributed by atoms with van der Waals surface area (Å²) in [5.41, 5.74) is 4.42. The molecule has 1 saturated carbocycles. The second-order valence-corrected chi connectivity index (χ2v) is 8.47. The topological polar surface area (TPSA) is 98.7 Å². The maximum Gasteiger partial charge on any atom is 0.259 e. The van der Waals surface area contributed by atoms with Crippen molar-refractivity contribution >= 4 is 22.8 Å². The molecule has 0 bridgehead atoms. The molecule has 1 aliphatic rings. The maximum absolute atomic E-state index is 13.4. The van der Waals surface area contributed by atoms with Crippen molar-refractivity contribution in [2.45, 2.75) is 31.7 Å². The first-order chi connectivity index (χ1) is 16.7. The van der Waals surface area contributed by atoms with Crippen molar-refractivity contribution in [3.8, 4) is 11.3 Å². The zero-order valence-corrected chi connectivity index (χ0v) is 18.4. The number of aryl methyl sites for hydroxylation is 2. The number of carbonyl (C=O) groups is 1. The van der Waals surface area contributed by atoms with Gasteiger partial charge in [-0.25, -0.2) is 4.98 Å². The minimum Gasteiger partial charge on any atom is -0.335 e. The predicted molar refractivity (Wildman–Crippen MR) is 127 cm³/mol. The number of fused-ring (bicyclic) bond motifs is 1. The summed E-state index contributed by atoms with van der Waals surface area (Å²) in [4.78, 5) is 22.1. The fourth-order valence-electron chi connectivity index (χ4n) is 4.06. The number of pyridine rings is 2. The average Bonchev–Trinajstić information content (AvgIpc) is 3.49. The van der Waals surface area contributed by atoms with Gasteiger partial charge in [-0.2, -0.15) is 5.10 Å². The molecule has 0 saturated heterocycles. The van der Waals surface area contributed by atoms with Gasteiger partial charge in [0.25, 0.3) is 11.6 Å². The highest BCUT2D eigenvalue weighted by Gasteiger charge is 2.29. The van der Waals surface area contributed by atoms with Crippen molar-refractivity contribution in [2.24, 2.45) is 0 Å². The van der Waals surface area contributed by atoms with E-state index in [-0.39, 0.29) is 5.91 Å². The number of nitrogens with one attached hydrogen (secondary N) is 1. The molecule has 8 heteroatoms. The number of aromatic nitrogens is 5. The van der Waals surface area contributed by atoms with Crippen molar-refractivity contribution in [2.75, 3.05) is 5.32 Å². The lowest BCUT2D eigenvalue weighted by atomic mass is 10.0. The van der Waals surface area contributed by atoms with Crippen LogP contribution in [0.15, 0.2) is 77.7 Å². The second kappa shape index (κ2) is 8.55. The van der Waals surface area contributed by atoms with Gasteiger partial charge >= 0.3 is 0 Å². The van der Waals surface area contributed by atoms with Gasteiger partial charge in [-0.3, -0.25) is 14.5 Å². The van der Waals surface area contributed by atoms with E-state index < -0.39 is 0 Å². The van der Waals surface area contributed by atoms with E-state index in [1.807, 2.05) is 59.4 Å². The summed E-state index contributed by atoms with van der Waals surface area (Å²) >= 11 is 0. The van der Waals surface area contributed by atoms with Gasteiger partial charge in [0.1, 0.15) is 5.69 Å². The van der Waals surface area contributed by atoms with Crippen molar-refractivity contribution in [3.63, 3.8) is 0 Å². The van der Waals surface area contributed by atoms with Crippen molar-refractivity contribution in [3.05, 3.63) is 90.0 Å². The van der Waals surface area contributed by atoms with Gasteiger partial charge in [0.15, 0.2) is 5.82 Å². The highest BCUT2D eigenvalue weighted by Crippen LogP contribution is 2.41. The molecule has 4 heterocycles. The largest absolute Gasteiger partial charge is 0.335 e. The number of hydrogen-bond donors (Lipinski definition) is 1. The van der Waals surface area contributed by atoms with Crippen molar-refractivity contribution in [1.29, 1.82) is 0 Å². The lowest BCUT2D eigenvalue weighted by molar-refractivity contribution is 0.102. The first kappa shape index (κ1) is 20.3. The molecule has 0 atom stereocenters. The number of amides is 1. The molecule has 168 valence electrons. The summed E-state index contributed by atoms with van der Waals surface area (Å²) in [6, 6.07) is 17.3. The van der Waals surface area contributed by atoms with Gasteiger partial charge in [-0.1, -0.05) is 35.5 Å². The Bertz CT molecular complexity index is 1450. The summed E-state index contributed by atoms with van der Waals surface area (Å²) in [6.07, 6.45) is 8.40. The maximum atomic E-state index is 13.4. The van der Waals surface area contributed by atoms with Gasteiger partial charge < -0.3 is 9.84 Å². The van der Waals surface area contributed by atoms with E-state index in [9.17, 15) is 4.79 Å². The molecular formula is C26H22N6O2. The normalized spacial score (nSPS) is 13.3. The predicted octanol–water partition coefficient (Wildman–Crippen LogP) is 4.85. The van der Waals surface area contributed by atoms with E-state index in [0.717, 1.165) is 30.5 Å². The van der Waals surface area contributed by atoms with E-state index >= 15 is 0 Å². The minimum atomic E-state index is -0.255. The minimum absolute atomic E-state index is 0.255. The summed E-state index contributed by atoms with van der Waals surface area (Å²) in [5.74, 6) is 0.609. The van der Waals surface area contributed by atoms with Crippen LogP contribution in [0.5, 0.6) is 0 Å². The lowest BCUT2D eigenvalue weighted by Crippen LogP contribution is -2.14. The monoisotopic (exact) mass is 450 g/mol. The Kier molecular flexibility index (Phi) is 5.10. The molecule has 1 N–H and O–H groups in total. The summed E-state index contributed by atoms with van der Waals surface area (Å²) in [6.45, 7) is 0.703. The molecular weight excluding hydrogens is 428 g/mol. The van der Waals surface area contributed by atoms with Gasteiger partial charge in [0.2, 0.25) is 0 Å². The molecule has 0 spiro atoms. The van der Waals surface area contributed by atoms with Crippen LogP contribution in [0.25, 0.3) is 22.4 Å². The van der Waals surface area contributed by atoms with Gasteiger partial charge in [-0.15, -0.1) is 0 Å². The zero-order valence-electron chi connectivity index (χ0n) is 18.4. The van der Waals surface area contributed by atoms with Gasteiger partial charge in [0, 0.05) is 48.4 Å². The Balaban J connectivity index is 1.29. The summed E-state index contributed by atoms with van der Waals surface area (Å²) in [7, 11) is 0. The standard InChI is InChI=1S/C26H22N6O2/c33-25(29-22-11-15-32(30-22)14-10-17-8-12-27-13-9-17)20-16-21(18-6-7-18)28-26-23(20)24(31-34-26)19-4-2-1-3-5-19/h1-5,8-9,11-13,15-16,18H,6-7,10,14H2,(H,29,30,33). The highest BCUT2D eigenvalue weighted by molar-refractivity contribution is 6.14. The number of rotatable bonds is 7. The molecule has 0 unspecified atom stereocenters. The molecule has 34 heavy (non-hydrogen) atoms. The summed E-state index contributed by atoms with van der Waals surface area (Å²) in [5, 5.41) is 12.3. The first-order valence-corrected chi connectivity index (χ1v) is 11.3. The molecule has 5 aromatic rings. The number of carbonyl (C=O) groups excluding carboxylic acids is 1. The zero-order chi connectivity index (χ0) is 22.9. The molecule has 0 aliphatic heterocycles.